The molecule has 1 atom stereocenters. The largest absolute Gasteiger partial charge is 0.444 e. The highest BCUT2D eigenvalue weighted by Crippen LogP contribution is 2.23. The fraction of sp³-hybridized carbons (Fsp3) is 0.333. The summed E-state index contributed by atoms with van der Waals surface area (Å²) < 4.78 is 11.0. The molecule has 0 aromatic heterocycles. The number of nitrogens with zero attached hydrogens (tertiary/aromatic N) is 1. The third-order valence-corrected chi connectivity index (χ3v) is 4.62. The number of morpholine rings is 1. The molecule has 5 heteroatoms. The van der Waals surface area contributed by atoms with Crippen molar-refractivity contribution in [1.29, 1.82) is 0 Å². The van der Waals surface area contributed by atoms with Gasteiger partial charge in [0.1, 0.15) is 0 Å². The Labute approximate surface area is 153 Å². The summed E-state index contributed by atoms with van der Waals surface area (Å²) in [6, 6.07) is 14.5. The van der Waals surface area contributed by atoms with Gasteiger partial charge in [0.05, 0.1) is 18.8 Å². The fourth-order valence-electron chi connectivity index (χ4n) is 2.88. The average Bonchev–Trinajstić information content (AvgIpc) is 2.69. The van der Waals surface area contributed by atoms with E-state index < -0.39 is 12.1 Å². The van der Waals surface area contributed by atoms with Crippen LogP contribution in [0.25, 0.3) is 0 Å². The molecule has 1 aliphatic heterocycles. The van der Waals surface area contributed by atoms with Gasteiger partial charge in [0.25, 0.3) is 5.91 Å². The Bertz CT molecular complexity index is 782. The van der Waals surface area contributed by atoms with E-state index in [1.165, 1.54) is 0 Å². The minimum atomic E-state index is -0.955. The zero-order valence-corrected chi connectivity index (χ0v) is 15.1. The van der Waals surface area contributed by atoms with Gasteiger partial charge in [0.2, 0.25) is 6.10 Å². The van der Waals surface area contributed by atoms with Crippen LogP contribution in [0.2, 0.25) is 0 Å². The number of amides is 1. The zero-order valence-electron chi connectivity index (χ0n) is 15.1. The lowest BCUT2D eigenvalue weighted by molar-refractivity contribution is -0.145. The third-order valence-electron chi connectivity index (χ3n) is 4.62. The van der Waals surface area contributed by atoms with Crippen LogP contribution in [-0.4, -0.2) is 43.1 Å². The molecule has 1 amide bonds. The second kappa shape index (κ2) is 8.15. The zero-order chi connectivity index (χ0) is 18.5. The van der Waals surface area contributed by atoms with Crippen LogP contribution in [0.15, 0.2) is 48.5 Å². The molecular formula is C21H23NO4. The molecule has 0 spiro atoms. The van der Waals surface area contributed by atoms with Gasteiger partial charge in [-0.05, 0) is 37.1 Å². The molecule has 1 heterocycles. The van der Waals surface area contributed by atoms with Crippen molar-refractivity contribution in [3.8, 4) is 0 Å². The molecule has 2 aromatic rings. The van der Waals surface area contributed by atoms with Gasteiger partial charge < -0.3 is 14.4 Å². The van der Waals surface area contributed by atoms with Crippen LogP contribution in [0.1, 0.15) is 33.2 Å². The van der Waals surface area contributed by atoms with Crippen LogP contribution >= 0.6 is 0 Å². The second-order valence-electron chi connectivity index (χ2n) is 6.43. The molecule has 1 saturated heterocycles. The van der Waals surface area contributed by atoms with Gasteiger partial charge in [-0.1, -0.05) is 36.4 Å². The first-order valence-corrected chi connectivity index (χ1v) is 8.76. The molecule has 2 aromatic carbocycles. The maximum absolute atomic E-state index is 13.0. The van der Waals surface area contributed by atoms with Crippen molar-refractivity contribution < 1.29 is 19.1 Å². The molecule has 0 radical (unpaired) electrons. The van der Waals surface area contributed by atoms with Gasteiger partial charge in [-0.2, -0.15) is 0 Å². The van der Waals surface area contributed by atoms with E-state index in [9.17, 15) is 9.59 Å². The summed E-state index contributed by atoms with van der Waals surface area (Å²) in [6.45, 7) is 5.93. The first kappa shape index (κ1) is 18.1. The van der Waals surface area contributed by atoms with Gasteiger partial charge >= 0.3 is 5.97 Å². The lowest BCUT2D eigenvalue weighted by atomic mass is 10.1. The van der Waals surface area contributed by atoms with Crippen LogP contribution in [0, 0.1) is 13.8 Å². The monoisotopic (exact) mass is 353 g/mol. The first-order chi connectivity index (χ1) is 12.6. The lowest BCUT2D eigenvalue weighted by Gasteiger charge is -2.30. The Morgan fingerprint density at radius 2 is 1.69 bits per heavy atom. The maximum Gasteiger partial charge on any atom is 0.339 e. The van der Waals surface area contributed by atoms with Crippen LogP contribution < -0.4 is 0 Å². The molecule has 0 bridgehead atoms. The number of carbonyl (C=O) groups excluding carboxylic acids is 2. The summed E-state index contributed by atoms with van der Waals surface area (Å²) in [5.74, 6) is -0.708. The van der Waals surface area contributed by atoms with Gasteiger partial charge in [-0.3, -0.25) is 4.79 Å². The van der Waals surface area contributed by atoms with Crippen molar-refractivity contribution in [3.05, 3.63) is 70.8 Å². The van der Waals surface area contributed by atoms with E-state index in [0.717, 1.165) is 11.1 Å². The highest BCUT2D eigenvalue weighted by atomic mass is 16.5. The summed E-state index contributed by atoms with van der Waals surface area (Å²) in [7, 11) is 0. The summed E-state index contributed by atoms with van der Waals surface area (Å²) >= 11 is 0. The standard InChI is InChI=1S/C21H23NO4/c1-15-8-9-18(14-16(15)2)21(24)26-19(17-6-4-3-5-7-17)20(23)22-10-12-25-13-11-22/h3-9,14,19H,10-13H2,1-2H3/t19-/m1/s1. The van der Waals surface area contributed by atoms with Crippen LogP contribution in [0.4, 0.5) is 0 Å². The number of esters is 1. The SMILES string of the molecule is Cc1ccc(C(=O)O[C@@H](C(=O)N2CCOCC2)c2ccccc2)cc1C. The molecule has 0 saturated carbocycles. The lowest BCUT2D eigenvalue weighted by Crippen LogP contribution is -2.44. The van der Waals surface area contributed by atoms with Gasteiger partial charge in [-0.25, -0.2) is 4.79 Å². The summed E-state index contributed by atoms with van der Waals surface area (Å²) in [5.41, 5.74) is 3.23. The Morgan fingerprint density at radius 3 is 2.35 bits per heavy atom. The van der Waals surface area contributed by atoms with Crippen molar-refractivity contribution >= 4 is 11.9 Å². The number of aryl methyl sites for hydroxylation is 2. The van der Waals surface area contributed by atoms with Gasteiger partial charge in [0.15, 0.2) is 0 Å². The van der Waals surface area contributed by atoms with E-state index in [1.54, 1.807) is 29.2 Å². The Kier molecular flexibility index (Phi) is 5.68. The minimum Gasteiger partial charge on any atom is -0.444 e. The average molecular weight is 353 g/mol. The van der Waals surface area contributed by atoms with Crippen LogP contribution in [0.3, 0.4) is 0 Å². The molecule has 0 N–H and O–H groups in total. The van der Waals surface area contributed by atoms with Crippen molar-refractivity contribution in [3.63, 3.8) is 0 Å². The molecule has 5 nitrogen and oxygen atoms in total. The van der Waals surface area contributed by atoms with Crippen molar-refractivity contribution in [2.75, 3.05) is 26.3 Å². The Hall–Kier alpha value is -2.66. The van der Waals surface area contributed by atoms with Crippen molar-refractivity contribution in [2.45, 2.75) is 20.0 Å². The van der Waals surface area contributed by atoms with Crippen molar-refractivity contribution in [2.24, 2.45) is 0 Å². The molecule has 0 aliphatic carbocycles. The normalized spacial score (nSPS) is 15.4. The molecule has 1 aliphatic rings. The maximum atomic E-state index is 13.0. The van der Waals surface area contributed by atoms with Crippen LogP contribution in [-0.2, 0) is 14.3 Å². The highest BCUT2D eigenvalue weighted by molar-refractivity contribution is 5.93. The van der Waals surface area contributed by atoms with Crippen LogP contribution in [0.5, 0.6) is 0 Å². The number of carbonyl (C=O) groups is 2. The van der Waals surface area contributed by atoms with Gasteiger partial charge in [0, 0.05) is 18.7 Å². The molecule has 136 valence electrons. The molecule has 26 heavy (non-hydrogen) atoms. The van der Waals surface area contributed by atoms with E-state index in [2.05, 4.69) is 0 Å². The molecule has 1 fully saturated rings. The molecular weight excluding hydrogens is 330 g/mol. The number of rotatable bonds is 4. The fourth-order valence-corrected chi connectivity index (χ4v) is 2.88. The smallest absolute Gasteiger partial charge is 0.339 e. The van der Waals surface area contributed by atoms with E-state index in [4.69, 9.17) is 9.47 Å². The predicted octanol–water partition coefficient (Wildman–Crippen LogP) is 3.06. The minimum absolute atomic E-state index is 0.211. The number of hydrogen-bond acceptors (Lipinski definition) is 4. The third kappa shape index (κ3) is 4.11. The topological polar surface area (TPSA) is 55.8 Å². The van der Waals surface area contributed by atoms with E-state index in [0.29, 0.717) is 37.4 Å². The Morgan fingerprint density at radius 1 is 1.00 bits per heavy atom. The molecule has 0 unspecified atom stereocenters. The number of benzene rings is 2. The van der Waals surface area contributed by atoms with E-state index in [-0.39, 0.29) is 5.91 Å². The number of ether oxygens (including phenoxy) is 2. The Balaban J connectivity index is 1.84. The van der Waals surface area contributed by atoms with Crippen molar-refractivity contribution in [1.82, 2.24) is 4.90 Å². The van der Waals surface area contributed by atoms with E-state index >= 15 is 0 Å². The first-order valence-electron chi connectivity index (χ1n) is 8.76. The predicted molar refractivity (Wildman–Crippen MR) is 97.9 cm³/mol. The highest BCUT2D eigenvalue weighted by Gasteiger charge is 2.30. The summed E-state index contributed by atoms with van der Waals surface area (Å²) in [4.78, 5) is 27.3. The van der Waals surface area contributed by atoms with E-state index in [1.807, 2.05) is 38.1 Å². The quantitative estimate of drug-likeness (QED) is 0.793. The second-order valence-corrected chi connectivity index (χ2v) is 6.43. The van der Waals surface area contributed by atoms with Gasteiger partial charge in [-0.15, -0.1) is 0 Å². The molecule has 3 rings (SSSR count). The summed E-state index contributed by atoms with van der Waals surface area (Å²) in [5, 5.41) is 0. The number of hydrogen-bond donors (Lipinski definition) is 0. The summed E-state index contributed by atoms with van der Waals surface area (Å²) in [6.07, 6.45) is -0.955.